The van der Waals surface area contributed by atoms with Crippen LogP contribution in [0.1, 0.15) is 29.6 Å². The van der Waals surface area contributed by atoms with Gasteiger partial charge in [-0.15, -0.1) is 11.3 Å². The lowest BCUT2D eigenvalue weighted by Crippen LogP contribution is -2.15. The number of aromatic nitrogens is 2. The van der Waals surface area contributed by atoms with Crippen LogP contribution >= 0.6 is 22.9 Å². The number of ether oxygens (including phenoxy) is 1. The predicted octanol–water partition coefficient (Wildman–Crippen LogP) is 4.48. The average Bonchev–Trinajstić information content (AvgIpc) is 2.91. The minimum atomic E-state index is -0.427. The molecule has 4 rings (SSSR count). The van der Waals surface area contributed by atoms with Crippen LogP contribution in [0.25, 0.3) is 10.2 Å². The number of hydrogen-bond donors (Lipinski definition) is 1. The summed E-state index contributed by atoms with van der Waals surface area (Å²) >= 11 is 7.55. The number of nitrogens with one attached hydrogen (secondary N) is 1. The molecule has 3 aromatic rings. The molecule has 2 aromatic heterocycles. The molecule has 7 heteroatoms. The van der Waals surface area contributed by atoms with E-state index in [1.54, 1.807) is 11.3 Å². The zero-order valence-electron chi connectivity index (χ0n) is 13.6. The Morgan fingerprint density at radius 2 is 2.32 bits per heavy atom. The number of aromatic amines is 1. The fraction of sp³-hybridized carbons (Fsp3) is 0.333. The van der Waals surface area contributed by atoms with Crippen molar-refractivity contribution in [3.63, 3.8) is 0 Å². The Labute approximate surface area is 152 Å². The van der Waals surface area contributed by atoms with Crippen molar-refractivity contribution in [2.45, 2.75) is 32.8 Å². The van der Waals surface area contributed by atoms with Gasteiger partial charge in [-0.05, 0) is 48.9 Å². The molecule has 2 heterocycles. The van der Waals surface area contributed by atoms with Crippen LogP contribution < -0.4 is 10.3 Å². The molecule has 0 saturated carbocycles. The fourth-order valence-corrected chi connectivity index (χ4v) is 4.82. The van der Waals surface area contributed by atoms with Crippen molar-refractivity contribution in [2.24, 2.45) is 5.92 Å². The molecular weight excluding hydrogens is 363 g/mol. The Hall–Kier alpha value is -1.92. The topological polar surface area (TPSA) is 55.0 Å². The first kappa shape index (κ1) is 16.5. The summed E-state index contributed by atoms with van der Waals surface area (Å²) in [5.41, 5.74) is 1.03. The van der Waals surface area contributed by atoms with Crippen molar-refractivity contribution in [1.29, 1.82) is 0 Å². The van der Waals surface area contributed by atoms with E-state index in [0.717, 1.165) is 35.0 Å². The summed E-state index contributed by atoms with van der Waals surface area (Å²) in [5, 5.41) is 0.902. The Kier molecular flexibility index (Phi) is 4.25. The van der Waals surface area contributed by atoms with Crippen molar-refractivity contribution in [2.75, 3.05) is 0 Å². The highest BCUT2D eigenvalue weighted by molar-refractivity contribution is 7.18. The van der Waals surface area contributed by atoms with Crippen molar-refractivity contribution >= 4 is 33.2 Å². The van der Waals surface area contributed by atoms with Gasteiger partial charge in [-0.3, -0.25) is 4.79 Å². The van der Waals surface area contributed by atoms with Crippen LogP contribution in [0.5, 0.6) is 5.75 Å². The van der Waals surface area contributed by atoms with Crippen molar-refractivity contribution in [3.05, 3.63) is 55.7 Å². The monoisotopic (exact) mass is 378 g/mol. The highest BCUT2D eigenvalue weighted by atomic mass is 35.5. The standard InChI is InChI=1S/C18H16ClFN2O2S/c1-9-2-4-11-14(6-9)25-18-16(11)17(23)21-15(22-18)8-24-13-5-3-10(20)7-12(13)19/h3,5,7,9H,2,4,6,8H2,1H3,(H,21,22,23)/t9-/m1/s1. The van der Waals surface area contributed by atoms with Gasteiger partial charge in [-0.25, -0.2) is 9.37 Å². The molecule has 0 amide bonds. The molecule has 1 N–H and O–H groups in total. The van der Waals surface area contributed by atoms with Gasteiger partial charge in [0.25, 0.3) is 5.56 Å². The maximum absolute atomic E-state index is 13.1. The summed E-state index contributed by atoms with van der Waals surface area (Å²) in [6, 6.07) is 3.92. The van der Waals surface area contributed by atoms with Crippen LogP contribution in [0.3, 0.4) is 0 Å². The number of H-pyrrole nitrogens is 1. The summed E-state index contributed by atoms with van der Waals surface area (Å²) in [6.45, 7) is 2.30. The van der Waals surface area contributed by atoms with E-state index >= 15 is 0 Å². The number of nitrogens with zero attached hydrogens (tertiary/aromatic N) is 1. The molecule has 0 fully saturated rings. The third-order valence-electron chi connectivity index (χ3n) is 4.47. The smallest absolute Gasteiger partial charge is 0.260 e. The Morgan fingerprint density at radius 3 is 3.12 bits per heavy atom. The van der Waals surface area contributed by atoms with Crippen LogP contribution in [0.15, 0.2) is 23.0 Å². The summed E-state index contributed by atoms with van der Waals surface area (Å²) < 4.78 is 18.7. The second kappa shape index (κ2) is 6.42. The van der Waals surface area contributed by atoms with Crippen LogP contribution in [0.2, 0.25) is 5.02 Å². The quantitative estimate of drug-likeness (QED) is 0.731. The van der Waals surface area contributed by atoms with Crippen LogP contribution in [0, 0.1) is 11.7 Å². The van der Waals surface area contributed by atoms with E-state index in [4.69, 9.17) is 16.3 Å². The van der Waals surface area contributed by atoms with Crippen LogP contribution in [0.4, 0.5) is 4.39 Å². The first-order valence-electron chi connectivity index (χ1n) is 8.12. The SMILES string of the molecule is C[C@@H]1CCc2c(sc3nc(COc4ccc(F)cc4Cl)[nH]c(=O)c23)C1. The molecule has 0 radical (unpaired) electrons. The molecule has 1 aliphatic carbocycles. The van der Waals surface area contributed by atoms with Gasteiger partial charge in [0, 0.05) is 4.88 Å². The highest BCUT2D eigenvalue weighted by Crippen LogP contribution is 2.35. The van der Waals surface area contributed by atoms with Gasteiger partial charge in [0.05, 0.1) is 10.4 Å². The predicted molar refractivity (Wildman–Crippen MR) is 97.2 cm³/mol. The van der Waals surface area contributed by atoms with Crippen LogP contribution in [-0.4, -0.2) is 9.97 Å². The normalized spacial score (nSPS) is 16.8. The van der Waals surface area contributed by atoms with Crippen molar-refractivity contribution in [3.8, 4) is 5.75 Å². The number of benzene rings is 1. The van der Waals surface area contributed by atoms with Gasteiger partial charge >= 0.3 is 0 Å². The summed E-state index contributed by atoms with van der Waals surface area (Å²) in [7, 11) is 0. The molecule has 0 aliphatic heterocycles. The first-order valence-corrected chi connectivity index (χ1v) is 9.32. The molecule has 0 bridgehead atoms. The van der Waals surface area contributed by atoms with Crippen LogP contribution in [-0.2, 0) is 19.4 Å². The first-order chi connectivity index (χ1) is 12.0. The van der Waals surface area contributed by atoms with Gasteiger partial charge in [-0.2, -0.15) is 0 Å². The number of thiophene rings is 1. The van der Waals surface area contributed by atoms with Gasteiger partial charge in [0.1, 0.15) is 28.8 Å². The average molecular weight is 379 g/mol. The summed E-state index contributed by atoms with van der Waals surface area (Å²) in [5.74, 6) is 1.00. The van der Waals surface area contributed by atoms with E-state index in [9.17, 15) is 9.18 Å². The minimum Gasteiger partial charge on any atom is -0.484 e. The van der Waals surface area contributed by atoms with Gasteiger partial charge in [-0.1, -0.05) is 18.5 Å². The summed E-state index contributed by atoms with van der Waals surface area (Å²) in [4.78, 5) is 21.9. The van der Waals surface area contributed by atoms with Crippen molar-refractivity contribution < 1.29 is 9.13 Å². The van der Waals surface area contributed by atoms with Gasteiger partial charge in [0.2, 0.25) is 0 Å². The Morgan fingerprint density at radius 1 is 1.48 bits per heavy atom. The maximum atomic E-state index is 13.1. The lowest BCUT2D eigenvalue weighted by Gasteiger charge is -2.17. The third-order valence-corrected chi connectivity index (χ3v) is 5.92. The van der Waals surface area contributed by atoms with E-state index < -0.39 is 5.82 Å². The van der Waals surface area contributed by atoms with E-state index in [0.29, 0.717) is 17.5 Å². The summed E-state index contributed by atoms with van der Waals surface area (Å²) in [6.07, 6.45) is 3.04. The van der Waals surface area contributed by atoms with E-state index in [1.165, 1.54) is 23.1 Å². The second-order valence-corrected chi connectivity index (χ2v) is 7.90. The Balaban J connectivity index is 1.64. The van der Waals surface area contributed by atoms with E-state index in [2.05, 4.69) is 16.9 Å². The van der Waals surface area contributed by atoms with E-state index in [1.807, 2.05) is 0 Å². The lowest BCUT2D eigenvalue weighted by molar-refractivity contribution is 0.296. The molecule has 1 atom stereocenters. The Bertz CT molecular complexity index is 1010. The molecular formula is C18H16ClFN2O2S. The molecule has 4 nitrogen and oxygen atoms in total. The molecule has 1 aliphatic rings. The third kappa shape index (κ3) is 3.16. The molecule has 0 saturated heterocycles. The number of aryl methyl sites for hydroxylation is 1. The lowest BCUT2D eigenvalue weighted by atomic mass is 9.89. The molecule has 130 valence electrons. The zero-order valence-corrected chi connectivity index (χ0v) is 15.1. The molecule has 0 unspecified atom stereocenters. The van der Waals surface area contributed by atoms with Gasteiger partial charge in [0.15, 0.2) is 0 Å². The maximum Gasteiger partial charge on any atom is 0.260 e. The fourth-order valence-electron chi connectivity index (χ4n) is 3.20. The second-order valence-electron chi connectivity index (χ2n) is 6.41. The minimum absolute atomic E-state index is 0.0650. The molecule has 1 aromatic carbocycles. The zero-order chi connectivity index (χ0) is 17.6. The highest BCUT2D eigenvalue weighted by Gasteiger charge is 2.23. The number of hydrogen-bond acceptors (Lipinski definition) is 4. The largest absolute Gasteiger partial charge is 0.484 e. The molecule has 25 heavy (non-hydrogen) atoms. The number of fused-ring (bicyclic) bond motifs is 3. The van der Waals surface area contributed by atoms with E-state index in [-0.39, 0.29) is 17.2 Å². The molecule has 0 spiro atoms. The number of halogens is 2. The van der Waals surface area contributed by atoms with Crippen molar-refractivity contribution in [1.82, 2.24) is 9.97 Å². The number of rotatable bonds is 3. The van der Waals surface area contributed by atoms with Gasteiger partial charge < -0.3 is 9.72 Å².